The average Bonchev–Trinajstić information content (AvgIpc) is 2.88. The molecule has 1 aromatic heterocycles. The number of nitro groups is 1. The molecule has 0 saturated heterocycles. The summed E-state index contributed by atoms with van der Waals surface area (Å²) in [5.41, 5.74) is 2.82. The van der Waals surface area contributed by atoms with Crippen molar-refractivity contribution in [1.29, 1.82) is 0 Å². The number of aromatic nitrogens is 1. The molecule has 0 spiro atoms. The third kappa shape index (κ3) is 2.82. The van der Waals surface area contributed by atoms with E-state index in [1.807, 2.05) is 5.38 Å². The summed E-state index contributed by atoms with van der Waals surface area (Å²) in [7, 11) is 0. The van der Waals surface area contributed by atoms with Gasteiger partial charge in [-0.2, -0.15) is 0 Å². The van der Waals surface area contributed by atoms with Crippen molar-refractivity contribution >= 4 is 17.0 Å². The van der Waals surface area contributed by atoms with Crippen molar-refractivity contribution in [3.8, 4) is 5.75 Å². The number of hydrogen-bond acceptors (Lipinski definition) is 6. The fourth-order valence-electron chi connectivity index (χ4n) is 1.38. The minimum absolute atomic E-state index is 0.123. The van der Waals surface area contributed by atoms with Crippen molar-refractivity contribution in [1.82, 2.24) is 4.98 Å². The van der Waals surface area contributed by atoms with Crippen molar-refractivity contribution < 1.29 is 14.8 Å². The Kier molecular flexibility index (Phi) is 3.85. The third-order valence-electron chi connectivity index (χ3n) is 2.26. The maximum Gasteiger partial charge on any atom is 0.310 e. The van der Waals surface area contributed by atoms with E-state index in [0.29, 0.717) is 11.3 Å². The van der Waals surface area contributed by atoms with Gasteiger partial charge in [-0.05, 0) is 17.7 Å². The molecule has 7 heteroatoms. The zero-order valence-electron chi connectivity index (χ0n) is 9.28. The van der Waals surface area contributed by atoms with Crippen LogP contribution in [0.15, 0.2) is 29.1 Å². The van der Waals surface area contributed by atoms with Crippen LogP contribution in [0.5, 0.6) is 5.75 Å². The zero-order chi connectivity index (χ0) is 13.0. The monoisotopic (exact) mass is 266 g/mol. The lowest BCUT2D eigenvalue weighted by atomic mass is 10.2. The molecule has 0 radical (unpaired) electrons. The molecule has 1 aromatic carbocycles. The van der Waals surface area contributed by atoms with E-state index in [9.17, 15) is 10.1 Å². The first-order valence-electron chi connectivity index (χ1n) is 5.08. The summed E-state index contributed by atoms with van der Waals surface area (Å²) in [4.78, 5) is 14.3. The number of rotatable bonds is 5. The number of hydrogen-bond donors (Lipinski definition) is 1. The molecule has 0 saturated carbocycles. The molecule has 0 atom stereocenters. The van der Waals surface area contributed by atoms with Crippen molar-refractivity contribution in [2.75, 3.05) is 0 Å². The Bertz CT molecular complexity index is 542. The molecule has 1 N–H and O–H groups in total. The standard InChI is InChI=1S/C11H10N2O4S/c14-4-8-1-2-10(13(15)16)11(3-8)17-5-9-6-18-7-12-9/h1-3,6-7,14H,4-5H2. The summed E-state index contributed by atoms with van der Waals surface area (Å²) >= 11 is 1.43. The van der Waals surface area contributed by atoms with Crippen molar-refractivity contribution in [2.45, 2.75) is 13.2 Å². The van der Waals surface area contributed by atoms with Gasteiger partial charge >= 0.3 is 5.69 Å². The highest BCUT2D eigenvalue weighted by Crippen LogP contribution is 2.28. The first kappa shape index (κ1) is 12.5. The van der Waals surface area contributed by atoms with E-state index in [-0.39, 0.29) is 24.7 Å². The number of benzene rings is 1. The predicted molar refractivity (Wildman–Crippen MR) is 65.5 cm³/mol. The lowest BCUT2D eigenvalue weighted by molar-refractivity contribution is -0.386. The molecule has 0 fully saturated rings. The molecule has 0 aliphatic heterocycles. The van der Waals surface area contributed by atoms with Gasteiger partial charge < -0.3 is 9.84 Å². The van der Waals surface area contributed by atoms with Crippen LogP contribution in [0.1, 0.15) is 11.3 Å². The van der Waals surface area contributed by atoms with Gasteiger partial charge in [0.1, 0.15) is 6.61 Å². The van der Waals surface area contributed by atoms with Crippen LogP contribution in [-0.2, 0) is 13.2 Å². The third-order valence-corrected chi connectivity index (χ3v) is 2.90. The zero-order valence-corrected chi connectivity index (χ0v) is 10.1. The summed E-state index contributed by atoms with van der Waals surface area (Å²) in [6, 6.07) is 4.28. The van der Waals surface area contributed by atoms with Crippen LogP contribution >= 0.6 is 11.3 Å². The van der Waals surface area contributed by atoms with Crippen LogP contribution in [0, 0.1) is 10.1 Å². The van der Waals surface area contributed by atoms with Gasteiger partial charge in [-0.3, -0.25) is 10.1 Å². The fraction of sp³-hybridized carbons (Fsp3) is 0.182. The summed E-state index contributed by atoms with van der Waals surface area (Å²) in [5.74, 6) is 0.138. The second-order valence-corrected chi connectivity index (χ2v) is 4.20. The summed E-state index contributed by atoms with van der Waals surface area (Å²) < 4.78 is 5.38. The Morgan fingerprint density at radius 3 is 2.94 bits per heavy atom. The minimum Gasteiger partial charge on any atom is -0.480 e. The van der Waals surface area contributed by atoms with Gasteiger partial charge in [-0.1, -0.05) is 0 Å². The number of ether oxygens (including phenoxy) is 1. The van der Waals surface area contributed by atoms with Crippen LogP contribution in [0.3, 0.4) is 0 Å². The molecule has 18 heavy (non-hydrogen) atoms. The number of aliphatic hydroxyl groups is 1. The van der Waals surface area contributed by atoms with Gasteiger partial charge in [-0.25, -0.2) is 4.98 Å². The molecular formula is C11H10N2O4S. The Balaban J connectivity index is 2.20. The van der Waals surface area contributed by atoms with Gasteiger partial charge in [0.15, 0.2) is 5.75 Å². The minimum atomic E-state index is -0.516. The molecule has 1 heterocycles. The largest absolute Gasteiger partial charge is 0.480 e. The number of nitrogens with zero attached hydrogens (tertiary/aromatic N) is 2. The van der Waals surface area contributed by atoms with Gasteiger partial charge in [0.25, 0.3) is 0 Å². The maximum absolute atomic E-state index is 10.8. The lowest BCUT2D eigenvalue weighted by Crippen LogP contribution is -2.00. The first-order chi connectivity index (χ1) is 8.70. The molecule has 0 aliphatic rings. The predicted octanol–water partition coefficient (Wildman–Crippen LogP) is 2.12. The molecule has 0 aliphatic carbocycles. The van der Waals surface area contributed by atoms with E-state index < -0.39 is 4.92 Å². The molecule has 0 amide bonds. The van der Waals surface area contributed by atoms with E-state index in [2.05, 4.69) is 4.98 Å². The Morgan fingerprint density at radius 2 is 2.33 bits per heavy atom. The average molecular weight is 266 g/mol. The number of thiazole rings is 1. The molecule has 2 aromatic rings. The smallest absolute Gasteiger partial charge is 0.310 e. The molecule has 0 unspecified atom stereocenters. The second-order valence-electron chi connectivity index (χ2n) is 3.49. The lowest BCUT2D eigenvalue weighted by Gasteiger charge is -2.06. The molecule has 94 valence electrons. The van der Waals surface area contributed by atoms with Crippen LogP contribution in [-0.4, -0.2) is 15.0 Å². The highest BCUT2D eigenvalue weighted by atomic mass is 32.1. The number of nitro benzene ring substituents is 1. The summed E-state index contributed by atoms with van der Waals surface area (Å²) in [6.45, 7) is -0.0235. The molecular weight excluding hydrogens is 256 g/mol. The quantitative estimate of drug-likeness (QED) is 0.661. The first-order valence-corrected chi connectivity index (χ1v) is 6.03. The fourth-order valence-corrected chi connectivity index (χ4v) is 1.93. The SMILES string of the molecule is O=[N+]([O-])c1ccc(CO)cc1OCc1cscn1. The topological polar surface area (TPSA) is 85.5 Å². The van der Waals surface area contributed by atoms with Gasteiger partial charge in [0, 0.05) is 11.4 Å². The molecule has 6 nitrogen and oxygen atoms in total. The van der Waals surface area contributed by atoms with Crippen LogP contribution in [0.25, 0.3) is 0 Å². The normalized spacial score (nSPS) is 10.3. The van der Waals surface area contributed by atoms with E-state index in [4.69, 9.17) is 9.84 Å². The van der Waals surface area contributed by atoms with Gasteiger partial charge in [0.05, 0.1) is 22.7 Å². The van der Waals surface area contributed by atoms with Crippen molar-refractivity contribution in [2.24, 2.45) is 0 Å². The van der Waals surface area contributed by atoms with E-state index in [1.165, 1.54) is 29.5 Å². The Labute approximate surface area is 107 Å². The molecule has 2 rings (SSSR count). The summed E-state index contributed by atoms with van der Waals surface area (Å²) in [6.07, 6.45) is 0. The maximum atomic E-state index is 10.8. The highest BCUT2D eigenvalue weighted by Gasteiger charge is 2.15. The van der Waals surface area contributed by atoms with Crippen molar-refractivity contribution in [3.05, 3.63) is 50.5 Å². The Morgan fingerprint density at radius 1 is 1.50 bits per heavy atom. The van der Waals surface area contributed by atoms with E-state index in [0.717, 1.165) is 0 Å². The van der Waals surface area contributed by atoms with E-state index >= 15 is 0 Å². The van der Waals surface area contributed by atoms with Crippen LogP contribution in [0.2, 0.25) is 0 Å². The second kappa shape index (κ2) is 5.56. The highest BCUT2D eigenvalue weighted by molar-refractivity contribution is 7.07. The van der Waals surface area contributed by atoms with Gasteiger partial charge in [-0.15, -0.1) is 11.3 Å². The Hall–Kier alpha value is -1.99. The van der Waals surface area contributed by atoms with Crippen molar-refractivity contribution in [3.63, 3.8) is 0 Å². The summed E-state index contributed by atoms with van der Waals surface area (Å²) in [5, 5.41) is 21.6. The molecule has 0 bridgehead atoms. The van der Waals surface area contributed by atoms with Crippen LogP contribution < -0.4 is 4.74 Å². The van der Waals surface area contributed by atoms with Crippen LogP contribution in [0.4, 0.5) is 5.69 Å². The number of aliphatic hydroxyl groups excluding tert-OH is 1. The van der Waals surface area contributed by atoms with Gasteiger partial charge in [0.2, 0.25) is 0 Å². The van der Waals surface area contributed by atoms with E-state index in [1.54, 1.807) is 5.51 Å².